The predicted molar refractivity (Wildman–Crippen MR) is 72.3 cm³/mol. The van der Waals surface area contributed by atoms with Crippen molar-refractivity contribution in [2.45, 2.75) is 25.9 Å². The largest absolute Gasteiger partial charge is 0.462 e. The van der Waals surface area contributed by atoms with Gasteiger partial charge in [0.2, 0.25) is 0 Å². The molecule has 1 aromatic carbocycles. The van der Waals surface area contributed by atoms with E-state index in [2.05, 4.69) is 5.32 Å². The number of rotatable bonds is 2. The summed E-state index contributed by atoms with van der Waals surface area (Å²) in [5.74, 6) is 0.252. The molecule has 0 aromatic heterocycles. The maximum absolute atomic E-state index is 11.8. The summed E-state index contributed by atoms with van der Waals surface area (Å²) in [5.41, 5.74) is 2.79. The molecule has 0 amide bonds. The number of hydrogen-bond donors (Lipinski definition) is 1. The van der Waals surface area contributed by atoms with E-state index >= 15 is 0 Å². The Balaban J connectivity index is 1.92. The van der Waals surface area contributed by atoms with Crippen LogP contribution in [0.5, 0.6) is 0 Å². The molecule has 2 aliphatic heterocycles. The minimum atomic E-state index is -0.261. The molecule has 0 unspecified atom stereocenters. The van der Waals surface area contributed by atoms with Crippen molar-refractivity contribution in [2.24, 2.45) is 5.92 Å². The highest BCUT2D eigenvalue weighted by molar-refractivity contribution is 5.90. The second-order valence-electron chi connectivity index (χ2n) is 5.10. The fourth-order valence-corrected chi connectivity index (χ4v) is 2.94. The molecule has 0 aliphatic carbocycles. The Labute approximate surface area is 113 Å². The molecule has 2 atom stereocenters. The highest BCUT2D eigenvalue weighted by atomic mass is 16.5. The molecule has 1 saturated heterocycles. The molecule has 102 valence electrons. The van der Waals surface area contributed by atoms with Crippen LogP contribution in [0.2, 0.25) is 0 Å². The van der Waals surface area contributed by atoms with Crippen molar-refractivity contribution in [1.29, 1.82) is 0 Å². The van der Waals surface area contributed by atoms with E-state index in [9.17, 15) is 4.79 Å². The van der Waals surface area contributed by atoms with Crippen LogP contribution in [0, 0.1) is 5.92 Å². The van der Waals surface area contributed by atoms with Crippen LogP contribution < -0.4 is 5.32 Å². The van der Waals surface area contributed by atoms with Crippen molar-refractivity contribution < 1.29 is 14.3 Å². The minimum Gasteiger partial charge on any atom is -0.462 e. The number of anilines is 1. The molecule has 0 radical (unpaired) electrons. The van der Waals surface area contributed by atoms with E-state index in [-0.39, 0.29) is 12.1 Å². The maximum atomic E-state index is 11.8. The first-order valence-corrected chi connectivity index (χ1v) is 6.96. The lowest BCUT2D eigenvalue weighted by Gasteiger charge is -2.37. The number of nitrogens with one attached hydrogen (secondary N) is 1. The predicted octanol–water partition coefficient (Wildman–Crippen LogP) is 2.76. The van der Waals surface area contributed by atoms with Crippen molar-refractivity contribution >= 4 is 11.7 Å². The number of fused-ring (bicyclic) bond motifs is 3. The second kappa shape index (κ2) is 5.21. The van der Waals surface area contributed by atoms with Crippen molar-refractivity contribution in [1.82, 2.24) is 0 Å². The standard InChI is InChI=1S/C15H19NO3/c1-2-18-15(17)10-5-6-13-12(8-10)14-11(9-16-13)4-3-7-19-14/h5-6,8,11,14,16H,2-4,7,9H2,1H3/t11-,14-/m0/s1. The van der Waals surface area contributed by atoms with Crippen LogP contribution >= 0.6 is 0 Å². The first kappa shape index (κ1) is 12.5. The van der Waals surface area contributed by atoms with Crippen LogP contribution in [0.25, 0.3) is 0 Å². The molecular weight excluding hydrogens is 242 g/mol. The average Bonchev–Trinajstić information content (AvgIpc) is 2.47. The molecule has 4 nitrogen and oxygen atoms in total. The fourth-order valence-electron chi connectivity index (χ4n) is 2.94. The van der Waals surface area contributed by atoms with Crippen molar-refractivity contribution in [3.05, 3.63) is 29.3 Å². The number of esters is 1. The summed E-state index contributed by atoms with van der Waals surface area (Å²) in [6.45, 7) is 3.98. The number of hydrogen-bond acceptors (Lipinski definition) is 4. The first-order chi connectivity index (χ1) is 9.29. The van der Waals surface area contributed by atoms with Crippen LogP contribution in [0.3, 0.4) is 0 Å². The van der Waals surface area contributed by atoms with Gasteiger partial charge in [-0.2, -0.15) is 0 Å². The molecule has 1 fully saturated rings. The molecular formula is C15H19NO3. The van der Waals surface area contributed by atoms with E-state index in [0.717, 1.165) is 30.8 Å². The summed E-state index contributed by atoms with van der Waals surface area (Å²) in [6.07, 6.45) is 2.43. The second-order valence-corrected chi connectivity index (χ2v) is 5.10. The normalized spacial score (nSPS) is 24.9. The Morgan fingerprint density at radius 2 is 2.42 bits per heavy atom. The van der Waals surface area contributed by atoms with Crippen LogP contribution in [0.1, 0.15) is 41.8 Å². The van der Waals surface area contributed by atoms with Gasteiger partial charge in [-0.1, -0.05) is 0 Å². The lowest BCUT2D eigenvalue weighted by atomic mass is 9.85. The molecule has 0 spiro atoms. The lowest BCUT2D eigenvalue weighted by molar-refractivity contribution is -0.0262. The van der Waals surface area contributed by atoms with Gasteiger partial charge in [-0.25, -0.2) is 4.79 Å². The van der Waals surface area contributed by atoms with Crippen molar-refractivity contribution in [2.75, 3.05) is 25.1 Å². The van der Waals surface area contributed by atoms with E-state index in [1.165, 1.54) is 6.42 Å². The molecule has 2 heterocycles. The van der Waals surface area contributed by atoms with Crippen molar-refractivity contribution in [3.8, 4) is 0 Å². The molecule has 2 aliphatic rings. The Bertz CT molecular complexity index is 486. The SMILES string of the molecule is CCOC(=O)c1ccc2c(c1)[C@H]1OCCC[C@H]1CN2. The molecule has 19 heavy (non-hydrogen) atoms. The van der Waals surface area contributed by atoms with Gasteiger partial charge in [0.05, 0.1) is 18.3 Å². The van der Waals surface area contributed by atoms with E-state index in [4.69, 9.17) is 9.47 Å². The zero-order valence-electron chi connectivity index (χ0n) is 11.1. The lowest BCUT2D eigenvalue weighted by Crippen LogP contribution is -2.33. The minimum absolute atomic E-state index is 0.124. The topological polar surface area (TPSA) is 47.6 Å². The number of carbonyl (C=O) groups excluding carboxylic acids is 1. The summed E-state index contributed by atoms with van der Waals surface area (Å²) in [5, 5.41) is 3.43. The van der Waals surface area contributed by atoms with Gasteiger partial charge in [0.1, 0.15) is 0 Å². The van der Waals surface area contributed by atoms with Gasteiger partial charge in [-0.3, -0.25) is 0 Å². The molecule has 4 heteroatoms. The smallest absolute Gasteiger partial charge is 0.338 e. The van der Waals surface area contributed by atoms with E-state index < -0.39 is 0 Å². The Hall–Kier alpha value is -1.55. The van der Waals surface area contributed by atoms with Gasteiger partial charge >= 0.3 is 5.97 Å². The average molecular weight is 261 g/mol. The van der Waals surface area contributed by atoms with Gasteiger partial charge in [-0.15, -0.1) is 0 Å². The molecule has 3 rings (SSSR count). The molecule has 0 saturated carbocycles. The van der Waals surface area contributed by atoms with Crippen LogP contribution in [-0.4, -0.2) is 25.7 Å². The number of ether oxygens (including phenoxy) is 2. The zero-order valence-corrected chi connectivity index (χ0v) is 11.1. The highest BCUT2D eigenvalue weighted by Crippen LogP contribution is 2.41. The van der Waals surface area contributed by atoms with Gasteiger partial charge in [0.25, 0.3) is 0 Å². The van der Waals surface area contributed by atoms with Crippen LogP contribution in [0.4, 0.5) is 5.69 Å². The molecule has 0 bridgehead atoms. The van der Waals surface area contributed by atoms with Crippen molar-refractivity contribution in [3.63, 3.8) is 0 Å². The summed E-state index contributed by atoms with van der Waals surface area (Å²) >= 11 is 0. The third-order valence-corrected chi connectivity index (χ3v) is 3.87. The fraction of sp³-hybridized carbons (Fsp3) is 0.533. The quantitative estimate of drug-likeness (QED) is 0.832. The Morgan fingerprint density at radius 3 is 3.26 bits per heavy atom. The Kier molecular flexibility index (Phi) is 3.42. The van der Waals surface area contributed by atoms with E-state index in [1.54, 1.807) is 0 Å². The van der Waals surface area contributed by atoms with E-state index in [0.29, 0.717) is 18.1 Å². The molecule has 1 N–H and O–H groups in total. The van der Waals surface area contributed by atoms with Crippen LogP contribution in [0.15, 0.2) is 18.2 Å². The molecule has 1 aromatic rings. The van der Waals surface area contributed by atoms with E-state index in [1.807, 2.05) is 25.1 Å². The maximum Gasteiger partial charge on any atom is 0.338 e. The summed E-state index contributed by atoms with van der Waals surface area (Å²) in [6, 6.07) is 5.69. The van der Waals surface area contributed by atoms with Gasteiger partial charge < -0.3 is 14.8 Å². The summed E-state index contributed by atoms with van der Waals surface area (Å²) in [4.78, 5) is 11.8. The third-order valence-electron chi connectivity index (χ3n) is 3.87. The highest BCUT2D eigenvalue weighted by Gasteiger charge is 2.33. The third kappa shape index (κ3) is 2.32. The van der Waals surface area contributed by atoms with Crippen LogP contribution in [-0.2, 0) is 9.47 Å². The number of benzene rings is 1. The number of carbonyl (C=O) groups is 1. The van der Waals surface area contributed by atoms with Gasteiger partial charge in [-0.05, 0) is 38.0 Å². The summed E-state index contributed by atoms with van der Waals surface area (Å²) < 4.78 is 11.0. The van der Waals surface area contributed by atoms with Gasteiger partial charge in [0.15, 0.2) is 0 Å². The first-order valence-electron chi connectivity index (χ1n) is 6.96. The zero-order chi connectivity index (χ0) is 13.2. The summed E-state index contributed by atoms with van der Waals surface area (Å²) in [7, 11) is 0. The Morgan fingerprint density at radius 1 is 1.53 bits per heavy atom. The monoisotopic (exact) mass is 261 g/mol. The van der Waals surface area contributed by atoms with Gasteiger partial charge in [0, 0.05) is 30.3 Å².